The molecule has 0 radical (unpaired) electrons. The summed E-state index contributed by atoms with van der Waals surface area (Å²) in [4.78, 5) is 17.4. The molecular weight excluding hydrogens is 387 g/mol. The Morgan fingerprint density at radius 3 is 2.56 bits per heavy atom. The number of rotatable bonds is 6. The molecule has 0 saturated carbocycles. The lowest BCUT2D eigenvalue weighted by Gasteiger charge is -2.19. The Bertz CT molecular complexity index is 891. The molecule has 148 valence electrons. The number of hydrogen-bond donors (Lipinski definition) is 2. The average Bonchev–Trinajstić information content (AvgIpc) is 3.19. The molecule has 0 aliphatic carbocycles. The molecule has 9 heteroatoms. The lowest BCUT2D eigenvalue weighted by Crippen LogP contribution is -2.38. The molecule has 2 N–H and O–H groups in total. The van der Waals surface area contributed by atoms with Crippen molar-refractivity contribution in [2.75, 3.05) is 7.05 Å². The van der Waals surface area contributed by atoms with Crippen molar-refractivity contribution in [3.63, 3.8) is 0 Å². The number of aromatic nitrogens is 4. The van der Waals surface area contributed by atoms with E-state index in [0.29, 0.717) is 0 Å². The Labute approximate surface area is 171 Å². The largest absolute Gasteiger partial charge is 0.345 e. The molecule has 3 rings (SSSR count). The number of fused-ring (bicyclic) bond motifs is 1. The van der Waals surface area contributed by atoms with Crippen LogP contribution in [-0.2, 0) is 18.4 Å². The number of para-hydroxylation sites is 2. The van der Waals surface area contributed by atoms with Gasteiger partial charge < -0.3 is 15.2 Å². The van der Waals surface area contributed by atoms with Crippen molar-refractivity contribution in [3.05, 3.63) is 48.0 Å². The summed E-state index contributed by atoms with van der Waals surface area (Å²) in [6, 6.07) is 7.37. The fourth-order valence-corrected chi connectivity index (χ4v) is 3.16. The first-order valence-electron chi connectivity index (χ1n) is 8.46. The van der Waals surface area contributed by atoms with Gasteiger partial charge in [-0.25, -0.2) is 4.98 Å². The number of hydrogen-bond acceptors (Lipinski definition) is 4. The average molecular weight is 413 g/mol. The number of nitrogens with one attached hydrogen (secondary N) is 2. The third-order valence-electron chi connectivity index (χ3n) is 4.36. The van der Waals surface area contributed by atoms with Gasteiger partial charge in [0.2, 0.25) is 5.91 Å². The van der Waals surface area contributed by atoms with Crippen molar-refractivity contribution in [3.8, 4) is 0 Å². The van der Waals surface area contributed by atoms with Crippen LogP contribution in [0, 0.1) is 0 Å². The molecule has 0 spiro atoms. The highest BCUT2D eigenvalue weighted by molar-refractivity contribution is 5.85. The van der Waals surface area contributed by atoms with Crippen molar-refractivity contribution >= 4 is 41.8 Å². The van der Waals surface area contributed by atoms with Gasteiger partial charge in [0.05, 0.1) is 23.3 Å². The smallest absolute Gasteiger partial charge is 0.242 e. The van der Waals surface area contributed by atoms with Gasteiger partial charge in [-0.1, -0.05) is 12.1 Å². The lowest BCUT2D eigenvalue weighted by atomic mass is 10.1. The number of likely N-dealkylation sites (N-methyl/N-ethyl adjacent to an activating group) is 1. The van der Waals surface area contributed by atoms with Gasteiger partial charge in [-0.05, 0) is 33.0 Å². The van der Waals surface area contributed by atoms with E-state index in [4.69, 9.17) is 4.98 Å². The molecular formula is C18H26Cl2N6O. The van der Waals surface area contributed by atoms with Gasteiger partial charge in [0.25, 0.3) is 0 Å². The molecule has 1 amide bonds. The highest BCUT2D eigenvalue weighted by Crippen LogP contribution is 2.21. The number of halogens is 2. The molecule has 3 aromatic rings. The van der Waals surface area contributed by atoms with E-state index in [-0.39, 0.29) is 36.8 Å². The summed E-state index contributed by atoms with van der Waals surface area (Å²) in [6.07, 6.45) is 3.54. The summed E-state index contributed by atoms with van der Waals surface area (Å²) in [6.45, 7) is 4.84. The van der Waals surface area contributed by atoms with Crippen LogP contribution in [-0.4, -0.2) is 32.3 Å². The summed E-state index contributed by atoms with van der Waals surface area (Å²) in [5, 5.41) is 10.3. The number of carbonyl (C=O) groups excluding carboxylic acids is 1. The molecule has 0 aliphatic heterocycles. The normalized spacial score (nSPS) is 12.7. The van der Waals surface area contributed by atoms with Crippen molar-refractivity contribution < 1.29 is 4.79 Å². The Balaban J connectivity index is 0.00000182. The van der Waals surface area contributed by atoms with Crippen LogP contribution in [0.15, 0.2) is 36.7 Å². The zero-order valence-corrected chi connectivity index (χ0v) is 17.5. The van der Waals surface area contributed by atoms with E-state index in [1.54, 1.807) is 17.9 Å². The first-order valence-corrected chi connectivity index (χ1v) is 8.46. The molecule has 1 aromatic carbocycles. The molecule has 0 fully saturated rings. The van der Waals surface area contributed by atoms with Gasteiger partial charge in [0.15, 0.2) is 0 Å². The summed E-state index contributed by atoms with van der Waals surface area (Å²) < 4.78 is 3.83. The third-order valence-corrected chi connectivity index (χ3v) is 4.36. The second-order valence-electron chi connectivity index (χ2n) is 6.10. The maximum absolute atomic E-state index is 12.7. The van der Waals surface area contributed by atoms with Crippen molar-refractivity contribution in [2.45, 2.75) is 32.5 Å². The Morgan fingerprint density at radius 1 is 1.26 bits per heavy atom. The lowest BCUT2D eigenvalue weighted by molar-refractivity contribution is -0.123. The van der Waals surface area contributed by atoms with Crippen molar-refractivity contribution in [1.29, 1.82) is 0 Å². The van der Waals surface area contributed by atoms with Crippen LogP contribution in [0.2, 0.25) is 0 Å². The van der Waals surface area contributed by atoms with Crippen molar-refractivity contribution in [2.24, 2.45) is 7.05 Å². The standard InChI is InChI=1S/C18H24N6O.2ClH/c1-5-24-15-9-7-6-8-14(15)22-17(24)12(2)21-18(25)16(19-3)13-10-20-23(4)11-13;;/h6-12,16,19H,5H2,1-4H3,(H,21,25);2*1H. The minimum absolute atomic E-state index is 0. The van der Waals surface area contributed by atoms with E-state index in [1.807, 2.05) is 38.4 Å². The van der Waals surface area contributed by atoms with E-state index < -0.39 is 6.04 Å². The van der Waals surface area contributed by atoms with Crippen LogP contribution < -0.4 is 10.6 Å². The molecule has 2 aromatic heterocycles. The van der Waals surface area contributed by atoms with Gasteiger partial charge in [-0.15, -0.1) is 24.8 Å². The highest BCUT2D eigenvalue weighted by Gasteiger charge is 2.24. The maximum Gasteiger partial charge on any atom is 0.242 e. The van der Waals surface area contributed by atoms with Crippen LogP contribution in [0.5, 0.6) is 0 Å². The fourth-order valence-electron chi connectivity index (χ4n) is 3.16. The van der Waals surface area contributed by atoms with Gasteiger partial charge >= 0.3 is 0 Å². The second-order valence-corrected chi connectivity index (χ2v) is 6.10. The SMILES string of the molecule is CCn1c(C(C)NC(=O)C(NC)c2cnn(C)c2)nc2ccccc21.Cl.Cl. The molecule has 7 nitrogen and oxygen atoms in total. The number of nitrogens with zero attached hydrogens (tertiary/aromatic N) is 4. The molecule has 2 heterocycles. The van der Waals surface area contributed by atoms with Gasteiger partial charge in [-0.3, -0.25) is 9.48 Å². The quantitative estimate of drug-likeness (QED) is 0.652. The van der Waals surface area contributed by atoms with Crippen LogP contribution in [0.3, 0.4) is 0 Å². The number of amides is 1. The van der Waals surface area contributed by atoms with Crippen LogP contribution >= 0.6 is 24.8 Å². The first-order chi connectivity index (χ1) is 12.0. The predicted octanol–water partition coefficient (Wildman–Crippen LogP) is 2.77. The van der Waals surface area contributed by atoms with E-state index in [2.05, 4.69) is 33.3 Å². The fraction of sp³-hybridized carbons (Fsp3) is 0.389. The zero-order chi connectivity index (χ0) is 18.0. The molecule has 0 saturated heterocycles. The molecule has 2 unspecified atom stereocenters. The van der Waals surface area contributed by atoms with Gasteiger partial charge in [0, 0.05) is 25.4 Å². The molecule has 0 aliphatic rings. The van der Waals surface area contributed by atoms with Crippen LogP contribution in [0.4, 0.5) is 0 Å². The molecule has 27 heavy (non-hydrogen) atoms. The monoisotopic (exact) mass is 412 g/mol. The van der Waals surface area contributed by atoms with E-state index in [0.717, 1.165) is 29.0 Å². The van der Waals surface area contributed by atoms with E-state index in [9.17, 15) is 4.79 Å². The first kappa shape index (κ1) is 23.0. The number of aryl methyl sites for hydroxylation is 2. The minimum atomic E-state index is -0.449. The Kier molecular flexibility index (Phi) is 8.27. The second kappa shape index (κ2) is 9.73. The summed E-state index contributed by atoms with van der Waals surface area (Å²) in [5.41, 5.74) is 2.86. The third kappa shape index (κ3) is 4.61. The topological polar surface area (TPSA) is 76.8 Å². The van der Waals surface area contributed by atoms with Gasteiger partial charge in [-0.2, -0.15) is 5.10 Å². The molecule has 2 atom stereocenters. The van der Waals surface area contributed by atoms with Crippen LogP contribution in [0.25, 0.3) is 11.0 Å². The highest BCUT2D eigenvalue weighted by atomic mass is 35.5. The molecule has 0 bridgehead atoms. The number of benzene rings is 1. The zero-order valence-electron chi connectivity index (χ0n) is 15.8. The van der Waals surface area contributed by atoms with Crippen LogP contribution in [0.1, 0.15) is 37.3 Å². The van der Waals surface area contributed by atoms with E-state index in [1.165, 1.54) is 0 Å². The number of imidazole rings is 1. The Hall–Kier alpha value is -2.09. The van der Waals surface area contributed by atoms with Crippen molar-refractivity contribution in [1.82, 2.24) is 30.0 Å². The summed E-state index contributed by atoms with van der Waals surface area (Å²) in [7, 11) is 3.60. The maximum atomic E-state index is 12.7. The minimum Gasteiger partial charge on any atom is -0.345 e. The van der Waals surface area contributed by atoms with E-state index >= 15 is 0 Å². The Morgan fingerprint density at radius 2 is 1.96 bits per heavy atom. The predicted molar refractivity (Wildman–Crippen MR) is 111 cm³/mol. The van der Waals surface area contributed by atoms with Gasteiger partial charge in [0.1, 0.15) is 11.9 Å². The number of carbonyl (C=O) groups is 1. The summed E-state index contributed by atoms with van der Waals surface area (Å²) >= 11 is 0. The summed E-state index contributed by atoms with van der Waals surface area (Å²) in [5.74, 6) is 0.760.